The average Bonchev–Trinajstić information content (AvgIpc) is 2.45. The Morgan fingerprint density at radius 1 is 1.37 bits per heavy atom. The molecule has 2 aromatic rings. The second-order valence-corrected chi connectivity index (χ2v) is 4.53. The molecule has 1 heterocycles. The number of pyridine rings is 1. The molecule has 1 unspecified atom stereocenters. The van der Waals surface area contributed by atoms with Crippen molar-refractivity contribution in [3.63, 3.8) is 0 Å². The van der Waals surface area contributed by atoms with E-state index < -0.39 is 0 Å². The molecule has 0 fully saturated rings. The van der Waals surface area contributed by atoms with Crippen LogP contribution in [-0.2, 0) is 6.42 Å². The maximum absolute atomic E-state index is 5.90. The third-order valence-corrected chi connectivity index (χ3v) is 3.18. The maximum Gasteiger partial charge on any atom is 0.129 e. The first-order chi connectivity index (χ1) is 9.24. The summed E-state index contributed by atoms with van der Waals surface area (Å²) < 4.78 is 5.34. The number of rotatable bonds is 5. The van der Waals surface area contributed by atoms with Gasteiger partial charge in [-0.2, -0.15) is 0 Å². The van der Waals surface area contributed by atoms with Crippen molar-refractivity contribution in [2.24, 2.45) is 5.84 Å². The molecular formula is C14H16ClN3O. The molecule has 1 aromatic carbocycles. The fourth-order valence-electron chi connectivity index (χ4n) is 2.00. The van der Waals surface area contributed by atoms with Gasteiger partial charge in [0.1, 0.15) is 10.9 Å². The molecule has 100 valence electrons. The lowest BCUT2D eigenvalue weighted by molar-refractivity contribution is 0.405. The maximum atomic E-state index is 5.90. The molecule has 1 atom stereocenters. The van der Waals surface area contributed by atoms with Crippen LogP contribution in [0.15, 0.2) is 42.6 Å². The number of hydrogen-bond acceptors (Lipinski definition) is 4. The molecule has 3 N–H and O–H groups in total. The summed E-state index contributed by atoms with van der Waals surface area (Å²) in [6.45, 7) is 0. The Kier molecular flexibility index (Phi) is 4.74. The monoisotopic (exact) mass is 277 g/mol. The van der Waals surface area contributed by atoms with Crippen LogP contribution in [0.3, 0.4) is 0 Å². The minimum atomic E-state index is -0.0446. The molecule has 0 bridgehead atoms. The van der Waals surface area contributed by atoms with Gasteiger partial charge in [0.15, 0.2) is 0 Å². The number of nitrogens with one attached hydrogen (secondary N) is 1. The third-order valence-electron chi connectivity index (χ3n) is 2.97. The van der Waals surface area contributed by atoms with E-state index in [-0.39, 0.29) is 6.04 Å². The van der Waals surface area contributed by atoms with E-state index >= 15 is 0 Å². The fourth-order valence-corrected chi connectivity index (χ4v) is 2.18. The van der Waals surface area contributed by atoms with Crippen LogP contribution >= 0.6 is 11.6 Å². The Balaban J connectivity index is 2.24. The van der Waals surface area contributed by atoms with Crippen molar-refractivity contribution in [3.05, 3.63) is 58.9 Å². The topological polar surface area (TPSA) is 60.2 Å². The van der Waals surface area contributed by atoms with Crippen molar-refractivity contribution in [2.75, 3.05) is 7.11 Å². The van der Waals surface area contributed by atoms with Crippen molar-refractivity contribution in [3.8, 4) is 5.75 Å². The molecular weight excluding hydrogens is 262 g/mol. The molecule has 5 heteroatoms. The highest BCUT2D eigenvalue weighted by Gasteiger charge is 2.13. The second-order valence-electron chi connectivity index (χ2n) is 4.15. The van der Waals surface area contributed by atoms with Crippen molar-refractivity contribution in [1.82, 2.24) is 10.4 Å². The summed E-state index contributed by atoms with van der Waals surface area (Å²) in [6, 6.07) is 11.5. The number of methoxy groups -OCH3 is 1. The SMILES string of the molecule is COc1ccccc1CC(NN)c1ccnc(Cl)c1. The first-order valence-electron chi connectivity index (χ1n) is 5.94. The lowest BCUT2D eigenvalue weighted by Gasteiger charge is -2.18. The number of benzene rings is 1. The van der Waals surface area contributed by atoms with Crippen LogP contribution in [-0.4, -0.2) is 12.1 Å². The smallest absolute Gasteiger partial charge is 0.129 e. The van der Waals surface area contributed by atoms with Crippen LogP contribution in [0.1, 0.15) is 17.2 Å². The molecule has 0 aliphatic heterocycles. The number of nitrogens with zero attached hydrogens (tertiary/aromatic N) is 1. The highest BCUT2D eigenvalue weighted by atomic mass is 35.5. The van der Waals surface area contributed by atoms with E-state index in [0.29, 0.717) is 11.6 Å². The zero-order valence-corrected chi connectivity index (χ0v) is 11.4. The van der Waals surface area contributed by atoms with Crippen molar-refractivity contribution < 1.29 is 4.74 Å². The van der Waals surface area contributed by atoms with E-state index in [1.165, 1.54) is 0 Å². The van der Waals surface area contributed by atoms with Crippen LogP contribution in [0.25, 0.3) is 0 Å². The van der Waals surface area contributed by atoms with E-state index in [2.05, 4.69) is 10.4 Å². The first-order valence-corrected chi connectivity index (χ1v) is 6.32. The van der Waals surface area contributed by atoms with Gasteiger partial charge in [0.25, 0.3) is 0 Å². The molecule has 0 saturated heterocycles. The molecule has 0 radical (unpaired) electrons. The largest absolute Gasteiger partial charge is 0.496 e. The van der Waals surface area contributed by atoms with Gasteiger partial charge in [0.2, 0.25) is 0 Å². The van der Waals surface area contributed by atoms with Crippen LogP contribution in [0.4, 0.5) is 0 Å². The van der Waals surface area contributed by atoms with Gasteiger partial charge in [0.05, 0.1) is 13.2 Å². The number of nitrogens with two attached hydrogens (primary N) is 1. The number of hydrazine groups is 1. The highest BCUT2D eigenvalue weighted by Crippen LogP contribution is 2.25. The zero-order chi connectivity index (χ0) is 13.7. The van der Waals surface area contributed by atoms with Gasteiger partial charge >= 0.3 is 0 Å². The predicted octanol–water partition coefficient (Wildman–Crippen LogP) is 2.49. The molecule has 2 rings (SSSR count). The summed E-state index contributed by atoms with van der Waals surface area (Å²) >= 11 is 5.90. The lowest BCUT2D eigenvalue weighted by Crippen LogP contribution is -2.29. The van der Waals surface area contributed by atoms with Crippen LogP contribution in [0.2, 0.25) is 5.15 Å². The standard InChI is InChI=1S/C14H16ClN3O/c1-19-13-5-3-2-4-11(13)8-12(18-16)10-6-7-17-14(15)9-10/h2-7,9,12,18H,8,16H2,1H3. The number of aromatic nitrogens is 1. The minimum absolute atomic E-state index is 0.0446. The lowest BCUT2D eigenvalue weighted by atomic mass is 10.00. The Morgan fingerprint density at radius 3 is 2.84 bits per heavy atom. The average molecular weight is 278 g/mol. The quantitative estimate of drug-likeness (QED) is 0.501. The Hall–Kier alpha value is -1.62. The van der Waals surface area contributed by atoms with Gasteiger partial charge in [0, 0.05) is 6.20 Å². The van der Waals surface area contributed by atoms with E-state index in [4.69, 9.17) is 22.2 Å². The van der Waals surface area contributed by atoms with Gasteiger partial charge in [-0.3, -0.25) is 11.3 Å². The summed E-state index contributed by atoms with van der Waals surface area (Å²) in [5.41, 5.74) is 4.88. The number of ether oxygens (including phenoxy) is 1. The van der Waals surface area contributed by atoms with E-state index in [1.54, 1.807) is 13.3 Å². The first kappa shape index (κ1) is 13.8. The summed E-state index contributed by atoms with van der Waals surface area (Å²) in [6.07, 6.45) is 2.38. The van der Waals surface area contributed by atoms with Gasteiger partial charge in [-0.15, -0.1) is 0 Å². The molecule has 1 aromatic heterocycles. The molecule has 4 nitrogen and oxygen atoms in total. The zero-order valence-electron chi connectivity index (χ0n) is 10.6. The number of hydrogen-bond donors (Lipinski definition) is 2. The summed E-state index contributed by atoms with van der Waals surface area (Å²) in [4.78, 5) is 3.97. The molecule has 0 aliphatic rings. The van der Waals surface area contributed by atoms with Crippen molar-refractivity contribution in [2.45, 2.75) is 12.5 Å². The molecule has 0 saturated carbocycles. The molecule has 0 amide bonds. The summed E-state index contributed by atoms with van der Waals surface area (Å²) in [7, 11) is 1.66. The van der Waals surface area contributed by atoms with Crippen molar-refractivity contribution >= 4 is 11.6 Å². The van der Waals surface area contributed by atoms with E-state index in [0.717, 1.165) is 16.9 Å². The second kappa shape index (κ2) is 6.52. The number of halogens is 1. The van der Waals surface area contributed by atoms with Crippen LogP contribution in [0.5, 0.6) is 5.75 Å². The van der Waals surface area contributed by atoms with Crippen LogP contribution in [0, 0.1) is 0 Å². The van der Waals surface area contributed by atoms with E-state index in [1.807, 2.05) is 36.4 Å². The molecule has 19 heavy (non-hydrogen) atoms. The fraction of sp³-hybridized carbons (Fsp3) is 0.214. The van der Waals surface area contributed by atoms with Gasteiger partial charge in [-0.25, -0.2) is 4.98 Å². The minimum Gasteiger partial charge on any atom is -0.496 e. The van der Waals surface area contributed by atoms with Crippen molar-refractivity contribution in [1.29, 1.82) is 0 Å². The summed E-state index contributed by atoms with van der Waals surface area (Å²) in [5.74, 6) is 6.49. The summed E-state index contributed by atoms with van der Waals surface area (Å²) in [5, 5.41) is 0.456. The molecule has 0 aliphatic carbocycles. The molecule has 0 spiro atoms. The van der Waals surface area contributed by atoms with Gasteiger partial charge in [-0.1, -0.05) is 29.8 Å². The van der Waals surface area contributed by atoms with E-state index in [9.17, 15) is 0 Å². The van der Waals surface area contributed by atoms with Gasteiger partial charge < -0.3 is 4.74 Å². The number of para-hydroxylation sites is 1. The highest BCUT2D eigenvalue weighted by molar-refractivity contribution is 6.29. The van der Waals surface area contributed by atoms with Crippen LogP contribution < -0.4 is 16.0 Å². The Bertz CT molecular complexity index is 548. The normalized spacial score (nSPS) is 12.2. The Morgan fingerprint density at radius 2 is 2.16 bits per heavy atom. The Labute approximate surface area is 117 Å². The van der Waals surface area contributed by atoms with Gasteiger partial charge in [-0.05, 0) is 35.7 Å². The third kappa shape index (κ3) is 3.44. The predicted molar refractivity (Wildman–Crippen MR) is 76.0 cm³/mol.